The van der Waals surface area contributed by atoms with E-state index in [1.54, 1.807) is 5.57 Å². The molecule has 4 aliphatic carbocycles. The molecule has 0 spiro atoms. The van der Waals surface area contributed by atoms with E-state index in [1.165, 1.54) is 51.5 Å². The molecule has 3 saturated carbocycles. The average molecular weight is 398 g/mol. The second-order valence-electron chi connectivity index (χ2n) is 12.8. The number of hydrogen-bond donors (Lipinski definition) is 1. The van der Waals surface area contributed by atoms with E-state index < -0.39 is 0 Å². The topological polar surface area (TPSA) is 23.5 Å². The number of hydrogen-bond acceptors (Lipinski definition) is 2. The molecule has 1 N–H and O–H groups in total. The first kappa shape index (κ1) is 19.4. The lowest BCUT2D eigenvalue weighted by molar-refractivity contribution is -0.0574. The summed E-state index contributed by atoms with van der Waals surface area (Å²) in [6, 6.07) is 1.75. The van der Waals surface area contributed by atoms with Gasteiger partial charge in [-0.1, -0.05) is 39.3 Å². The standard InChI is InChI=1S/C27H43NO/c1-16-5-8-23-17(2)25-24(28(23)15-16)14-22-20-7-6-18-13-19(29)9-11-26(18,3)21(20)10-12-27(22,25)4/h6,16-17,19-25,29H,5,7-15H2,1-4H3/t16-,17+,19-,20-,21+,22-,23+,24+,25+,26-,27-/m0/s1. The van der Waals surface area contributed by atoms with Gasteiger partial charge in [0.2, 0.25) is 0 Å². The molecule has 5 fully saturated rings. The Morgan fingerprint density at radius 1 is 1.00 bits per heavy atom. The third-order valence-corrected chi connectivity index (χ3v) is 11.7. The van der Waals surface area contributed by atoms with E-state index in [9.17, 15) is 5.11 Å². The first-order valence-electron chi connectivity index (χ1n) is 13.0. The molecule has 2 heteroatoms. The minimum Gasteiger partial charge on any atom is -0.393 e. The molecule has 11 atom stereocenters. The lowest BCUT2D eigenvalue weighted by Gasteiger charge is -2.58. The molecule has 2 aliphatic heterocycles. The predicted octanol–water partition coefficient (Wildman–Crippen LogP) is 5.66. The number of allylic oxidation sites excluding steroid dienone is 1. The minimum atomic E-state index is -0.0792. The minimum absolute atomic E-state index is 0.0792. The zero-order chi connectivity index (χ0) is 20.1. The smallest absolute Gasteiger partial charge is 0.0577 e. The summed E-state index contributed by atoms with van der Waals surface area (Å²) in [4.78, 5) is 3.02. The fraction of sp³-hybridized carbons (Fsp3) is 0.926. The van der Waals surface area contributed by atoms with E-state index in [0.29, 0.717) is 10.8 Å². The van der Waals surface area contributed by atoms with Crippen LogP contribution >= 0.6 is 0 Å². The van der Waals surface area contributed by atoms with Gasteiger partial charge in [0.25, 0.3) is 0 Å². The van der Waals surface area contributed by atoms with Crippen molar-refractivity contribution in [2.75, 3.05) is 6.54 Å². The van der Waals surface area contributed by atoms with E-state index in [-0.39, 0.29) is 6.10 Å². The maximum absolute atomic E-state index is 10.3. The number of nitrogens with zero attached hydrogens (tertiary/aromatic N) is 1. The van der Waals surface area contributed by atoms with E-state index in [1.807, 2.05) is 0 Å². The van der Waals surface area contributed by atoms with E-state index in [0.717, 1.165) is 60.4 Å². The molecule has 0 aromatic carbocycles. The first-order valence-corrected chi connectivity index (χ1v) is 13.0. The van der Waals surface area contributed by atoms with Crippen molar-refractivity contribution in [2.24, 2.45) is 46.3 Å². The van der Waals surface area contributed by atoms with Gasteiger partial charge in [0.15, 0.2) is 0 Å². The summed E-state index contributed by atoms with van der Waals surface area (Å²) in [5.74, 6) is 5.44. The molecular weight excluding hydrogens is 354 g/mol. The van der Waals surface area contributed by atoms with Gasteiger partial charge in [0, 0.05) is 18.6 Å². The van der Waals surface area contributed by atoms with Crippen molar-refractivity contribution in [2.45, 2.75) is 104 Å². The van der Waals surface area contributed by atoms with Crippen LogP contribution < -0.4 is 0 Å². The lowest BCUT2D eigenvalue weighted by Crippen LogP contribution is -2.51. The summed E-state index contributed by atoms with van der Waals surface area (Å²) < 4.78 is 0. The molecule has 2 heterocycles. The Kier molecular flexibility index (Phi) is 4.23. The lowest BCUT2D eigenvalue weighted by atomic mass is 9.47. The van der Waals surface area contributed by atoms with Crippen molar-refractivity contribution in [1.29, 1.82) is 0 Å². The van der Waals surface area contributed by atoms with E-state index in [2.05, 4.69) is 38.7 Å². The monoisotopic (exact) mass is 397 g/mol. The molecule has 0 radical (unpaired) electrons. The molecule has 0 aromatic heterocycles. The zero-order valence-corrected chi connectivity index (χ0v) is 19.2. The quantitative estimate of drug-likeness (QED) is 0.534. The van der Waals surface area contributed by atoms with Crippen molar-refractivity contribution >= 4 is 0 Å². The zero-order valence-electron chi connectivity index (χ0n) is 19.2. The normalized spacial score (nSPS) is 59.2. The second kappa shape index (κ2) is 6.35. The Labute approximate surface area is 178 Å². The van der Waals surface area contributed by atoms with Crippen LogP contribution in [0.15, 0.2) is 11.6 Å². The van der Waals surface area contributed by atoms with Gasteiger partial charge >= 0.3 is 0 Å². The molecule has 6 aliphatic rings. The highest BCUT2D eigenvalue weighted by Crippen LogP contribution is 2.69. The van der Waals surface area contributed by atoms with Gasteiger partial charge in [-0.15, -0.1) is 0 Å². The molecule has 0 amide bonds. The van der Waals surface area contributed by atoms with Crippen LogP contribution in [0.2, 0.25) is 0 Å². The Morgan fingerprint density at radius 3 is 2.66 bits per heavy atom. The average Bonchev–Trinajstić information content (AvgIpc) is 3.15. The molecule has 29 heavy (non-hydrogen) atoms. The van der Waals surface area contributed by atoms with E-state index >= 15 is 0 Å². The molecule has 6 rings (SSSR count). The highest BCUT2D eigenvalue weighted by atomic mass is 16.3. The van der Waals surface area contributed by atoms with Gasteiger partial charge in [-0.25, -0.2) is 0 Å². The second-order valence-corrected chi connectivity index (χ2v) is 12.8. The highest BCUT2D eigenvalue weighted by Gasteiger charge is 2.66. The first-order chi connectivity index (χ1) is 13.8. The van der Waals surface area contributed by atoms with Crippen molar-refractivity contribution in [3.05, 3.63) is 11.6 Å². The van der Waals surface area contributed by atoms with Crippen LogP contribution in [0.3, 0.4) is 0 Å². The molecular formula is C27H43NO. The Bertz CT molecular complexity index is 715. The number of aliphatic hydroxyl groups is 1. The SMILES string of the molecule is C[C@H]1CC[C@@H]2[C@@H](C)[C@@H]3[C@@H](C[C@H]4[C@H]5CC=C6C[C@@H](O)CC[C@]6(C)[C@@H]5CC[C@]34C)N2C1. The third-order valence-electron chi connectivity index (χ3n) is 11.7. The molecule has 0 aromatic rings. The van der Waals surface area contributed by atoms with Crippen LogP contribution in [-0.2, 0) is 0 Å². The highest BCUT2D eigenvalue weighted by molar-refractivity contribution is 5.26. The predicted molar refractivity (Wildman–Crippen MR) is 118 cm³/mol. The molecule has 0 bridgehead atoms. The van der Waals surface area contributed by atoms with Gasteiger partial charge in [-0.2, -0.15) is 0 Å². The van der Waals surface area contributed by atoms with E-state index in [4.69, 9.17) is 0 Å². The summed E-state index contributed by atoms with van der Waals surface area (Å²) in [5.41, 5.74) is 2.58. The summed E-state index contributed by atoms with van der Waals surface area (Å²) in [6.45, 7) is 11.8. The Morgan fingerprint density at radius 2 is 1.83 bits per heavy atom. The van der Waals surface area contributed by atoms with Crippen molar-refractivity contribution in [1.82, 2.24) is 4.90 Å². The van der Waals surface area contributed by atoms with Crippen LogP contribution in [0.4, 0.5) is 0 Å². The molecule has 2 saturated heterocycles. The van der Waals surface area contributed by atoms with Crippen molar-refractivity contribution in [3.63, 3.8) is 0 Å². The maximum Gasteiger partial charge on any atom is 0.0577 e. The van der Waals surface area contributed by atoms with Gasteiger partial charge in [-0.05, 0) is 104 Å². The Hall–Kier alpha value is -0.340. The summed E-state index contributed by atoms with van der Waals surface area (Å²) >= 11 is 0. The number of fused-ring (bicyclic) bond motifs is 9. The summed E-state index contributed by atoms with van der Waals surface area (Å²) in [5, 5.41) is 10.3. The summed E-state index contributed by atoms with van der Waals surface area (Å²) in [6.07, 6.45) is 14.3. The molecule has 0 unspecified atom stereocenters. The number of aliphatic hydroxyl groups excluding tert-OH is 1. The number of rotatable bonds is 0. The largest absolute Gasteiger partial charge is 0.393 e. The van der Waals surface area contributed by atoms with Gasteiger partial charge in [0.05, 0.1) is 6.10 Å². The van der Waals surface area contributed by atoms with Crippen LogP contribution in [0.5, 0.6) is 0 Å². The van der Waals surface area contributed by atoms with Crippen molar-refractivity contribution in [3.8, 4) is 0 Å². The van der Waals surface area contributed by atoms with Crippen LogP contribution in [0.25, 0.3) is 0 Å². The Balaban J connectivity index is 1.33. The number of piperidine rings is 1. The van der Waals surface area contributed by atoms with Crippen LogP contribution in [0.1, 0.15) is 85.5 Å². The molecule has 162 valence electrons. The van der Waals surface area contributed by atoms with Crippen molar-refractivity contribution < 1.29 is 5.11 Å². The fourth-order valence-corrected chi connectivity index (χ4v) is 10.4. The molecule has 2 nitrogen and oxygen atoms in total. The van der Waals surface area contributed by atoms with Gasteiger partial charge in [0.1, 0.15) is 0 Å². The van der Waals surface area contributed by atoms with Crippen LogP contribution in [0, 0.1) is 46.3 Å². The van der Waals surface area contributed by atoms with Gasteiger partial charge in [-0.3, -0.25) is 4.90 Å². The maximum atomic E-state index is 10.3. The fourth-order valence-electron chi connectivity index (χ4n) is 10.4. The van der Waals surface area contributed by atoms with Crippen LogP contribution in [-0.4, -0.2) is 34.7 Å². The summed E-state index contributed by atoms with van der Waals surface area (Å²) in [7, 11) is 0. The third kappa shape index (κ3) is 2.48. The van der Waals surface area contributed by atoms with Gasteiger partial charge < -0.3 is 5.11 Å².